The molecular formula is C24H24N2O. The minimum atomic E-state index is 0.804. The molecule has 0 aliphatic heterocycles. The van der Waals surface area contributed by atoms with Crippen molar-refractivity contribution < 1.29 is 4.42 Å². The lowest BCUT2D eigenvalue weighted by Gasteiger charge is -2.17. The summed E-state index contributed by atoms with van der Waals surface area (Å²) in [5.41, 5.74) is 8.93. The summed E-state index contributed by atoms with van der Waals surface area (Å²) in [5.74, 6) is 1.76. The highest BCUT2D eigenvalue weighted by atomic mass is 16.3. The van der Waals surface area contributed by atoms with E-state index in [0.717, 1.165) is 29.2 Å². The van der Waals surface area contributed by atoms with Crippen LogP contribution in [0.1, 0.15) is 39.4 Å². The van der Waals surface area contributed by atoms with Gasteiger partial charge in [-0.05, 0) is 91.9 Å². The topological polar surface area (TPSA) is 31.0 Å². The van der Waals surface area contributed by atoms with Gasteiger partial charge in [0, 0.05) is 0 Å². The maximum atomic E-state index is 5.43. The van der Waals surface area contributed by atoms with Gasteiger partial charge in [-0.1, -0.05) is 18.2 Å². The normalized spacial score (nSPS) is 11.7. The lowest BCUT2D eigenvalue weighted by molar-refractivity contribution is 0.557. The van der Waals surface area contributed by atoms with Gasteiger partial charge < -0.3 is 8.98 Å². The Kier molecular flexibility index (Phi) is 4.44. The van der Waals surface area contributed by atoms with Crippen molar-refractivity contribution in [1.29, 1.82) is 0 Å². The zero-order chi connectivity index (χ0) is 19.0. The van der Waals surface area contributed by atoms with Crippen molar-refractivity contribution >= 4 is 23.2 Å². The maximum absolute atomic E-state index is 5.43. The number of hydrogen-bond donors (Lipinski definition) is 0. The molecule has 4 rings (SSSR count). The van der Waals surface area contributed by atoms with Crippen LogP contribution in [0.15, 0.2) is 53.1 Å². The monoisotopic (exact) mass is 356 g/mol. The van der Waals surface area contributed by atoms with E-state index < -0.39 is 0 Å². The van der Waals surface area contributed by atoms with E-state index in [-0.39, 0.29) is 0 Å². The van der Waals surface area contributed by atoms with Crippen molar-refractivity contribution in [3.8, 4) is 0 Å². The average molecular weight is 356 g/mol. The summed E-state index contributed by atoms with van der Waals surface area (Å²) in [5, 5.41) is 0. The number of aryl methyl sites for hydroxylation is 2. The van der Waals surface area contributed by atoms with E-state index in [9.17, 15) is 0 Å². The number of fused-ring (bicyclic) bond motifs is 1. The van der Waals surface area contributed by atoms with Crippen LogP contribution in [0.3, 0.4) is 0 Å². The Hall–Kier alpha value is -3.07. The van der Waals surface area contributed by atoms with Gasteiger partial charge in [-0.3, -0.25) is 0 Å². The molecule has 27 heavy (non-hydrogen) atoms. The molecule has 2 aromatic heterocycles. The fourth-order valence-electron chi connectivity index (χ4n) is 3.62. The van der Waals surface area contributed by atoms with Crippen LogP contribution >= 0.6 is 0 Å². The van der Waals surface area contributed by atoms with Crippen molar-refractivity contribution in [2.24, 2.45) is 0 Å². The first-order valence-electron chi connectivity index (χ1n) is 9.27. The molecule has 2 heterocycles. The highest BCUT2D eigenvalue weighted by molar-refractivity contribution is 5.79. The number of furan rings is 1. The molecule has 0 fully saturated rings. The zero-order valence-electron chi connectivity index (χ0n) is 16.3. The molecule has 3 heteroatoms. The number of hydrogen-bond acceptors (Lipinski definition) is 2. The second kappa shape index (κ2) is 6.92. The Morgan fingerprint density at radius 1 is 0.926 bits per heavy atom. The Balaban J connectivity index is 1.85. The molecule has 2 aromatic carbocycles. The Morgan fingerprint density at radius 3 is 2.37 bits per heavy atom. The highest BCUT2D eigenvalue weighted by Gasteiger charge is 2.14. The predicted molar refractivity (Wildman–Crippen MR) is 112 cm³/mol. The minimum absolute atomic E-state index is 0.804. The second-order valence-corrected chi connectivity index (χ2v) is 7.13. The number of rotatable bonds is 4. The van der Waals surface area contributed by atoms with Crippen LogP contribution in [0.4, 0.5) is 0 Å². The molecule has 0 N–H and O–H groups in total. The van der Waals surface area contributed by atoms with Crippen LogP contribution in [0.2, 0.25) is 0 Å². The molecule has 0 spiro atoms. The lowest BCUT2D eigenvalue weighted by atomic mass is 9.94. The van der Waals surface area contributed by atoms with Gasteiger partial charge in [-0.2, -0.15) is 0 Å². The van der Waals surface area contributed by atoms with Crippen molar-refractivity contribution in [1.82, 2.24) is 9.55 Å². The first kappa shape index (κ1) is 17.3. The third-order valence-corrected chi connectivity index (χ3v) is 5.46. The Bertz CT molecular complexity index is 1100. The Labute approximate surface area is 160 Å². The summed E-state index contributed by atoms with van der Waals surface area (Å²) >= 11 is 0. The maximum Gasteiger partial charge on any atom is 0.134 e. The van der Waals surface area contributed by atoms with Crippen LogP contribution < -0.4 is 0 Å². The van der Waals surface area contributed by atoms with Gasteiger partial charge in [0.1, 0.15) is 11.6 Å². The van der Waals surface area contributed by atoms with Crippen molar-refractivity contribution in [3.63, 3.8) is 0 Å². The quantitative estimate of drug-likeness (QED) is 0.443. The molecule has 0 unspecified atom stereocenters. The number of aromatic nitrogens is 2. The number of benzene rings is 2. The molecule has 136 valence electrons. The molecule has 0 saturated heterocycles. The fraction of sp³-hybridized carbons (Fsp3) is 0.208. The number of imidazole rings is 1. The summed E-state index contributed by atoms with van der Waals surface area (Å²) in [4.78, 5) is 4.85. The van der Waals surface area contributed by atoms with E-state index in [4.69, 9.17) is 9.40 Å². The van der Waals surface area contributed by atoms with Gasteiger partial charge in [-0.25, -0.2) is 4.98 Å². The van der Waals surface area contributed by atoms with E-state index in [1.807, 2.05) is 30.4 Å². The van der Waals surface area contributed by atoms with E-state index in [1.54, 1.807) is 6.26 Å². The summed E-state index contributed by atoms with van der Waals surface area (Å²) in [6.45, 7) is 9.62. The molecular weight excluding hydrogens is 332 g/mol. The van der Waals surface area contributed by atoms with Gasteiger partial charge in [0.15, 0.2) is 0 Å². The van der Waals surface area contributed by atoms with Gasteiger partial charge in [0.05, 0.1) is 23.8 Å². The minimum Gasteiger partial charge on any atom is -0.465 e. The van der Waals surface area contributed by atoms with Crippen LogP contribution in [0.5, 0.6) is 0 Å². The third kappa shape index (κ3) is 3.21. The molecule has 0 aliphatic rings. The van der Waals surface area contributed by atoms with Crippen LogP contribution in [-0.2, 0) is 6.54 Å². The van der Waals surface area contributed by atoms with E-state index in [2.05, 4.69) is 56.5 Å². The van der Waals surface area contributed by atoms with Crippen LogP contribution in [0, 0.1) is 27.7 Å². The van der Waals surface area contributed by atoms with E-state index in [0.29, 0.717) is 0 Å². The van der Waals surface area contributed by atoms with Crippen LogP contribution in [0.25, 0.3) is 23.2 Å². The first-order valence-corrected chi connectivity index (χ1v) is 9.27. The Morgan fingerprint density at radius 2 is 1.67 bits per heavy atom. The predicted octanol–water partition coefficient (Wildman–Crippen LogP) is 6.08. The van der Waals surface area contributed by atoms with Gasteiger partial charge in [0.25, 0.3) is 0 Å². The number of nitrogens with zero attached hydrogens (tertiary/aromatic N) is 2. The summed E-state index contributed by atoms with van der Waals surface area (Å²) in [6, 6.07) is 14.4. The summed E-state index contributed by atoms with van der Waals surface area (Å²) in [7, 11) is 0. The first-order chi connectivity index (χ1) is 13.0. The van der Waals surface area contributed by atoms with Gasteiger partial charge in [-0.15, -0.1) is 0 Å². The molecule has 0 saturated carbocycles. The van der Waals surface area contributed by atoms with Crippen molar-refractivity contribution in [3.05, 3.63) is 88.1 Å². The smallest absolute Gasteiger partial charge is 0.134 e. The van der Waals surface area contributed by atoms with Crippen LogP contribution in [-0.4, -0.2) is 9.55 Å². The molecule has 0 aliphatic carbocycles. The largest absolute Gasteiger partial charge is 0.465 e. The molecule has 3 nitrogen and oxygen atoms in total. The third-order valence-electron chi connectivity index (χ3n) is 5.46. The number of para-hydroxylation sites is 2. The van der Waals surface area contributed by atoms with Gasteiger partial charge in [0.2, 0.25) is 0 Å². The molecule has 0 bridgehead atoms. The van der Waals surface area contributed by atoms with Gasteiger partial charge >= 0.3 is 0 Å². The zero-order valence-corrected chi connectivity index (χ0v) is 16.3. The van der Waals surface area contributed by atoms with E-state index in [1.165, 1.54) is 27.8 Å². The average Bonchev–Trinajstić information content (AvgIpc) is 3.29. The summed E-state index contributed by atoms with van der Waals surface area (Å²) in [6.07, 6.45) is 5.69. The SMILES string of the molecule is Cc1cc(C)c(C)c(Cn2c(/C=C/c3ccco3)nc3ccccc32)c1C. The second-order valence-electron chi connectivity index (χ2n) is 7.13. The highest BCUT2D eigenvalue weighted by Crippen LogP contribution is 2.26. The standard InChI is InChI=1S/C24H24N2O/c1-16-14-17(2)19(4)21(18(16)3)15-26-23-10-6-5-9-22(23)25-24(26)12-11-20-8-7-13-27-20/h5-14H,15H2,1-4H3/b12-11+. The van der Waals surface area contributed by atoms with E-state index >= 15 is 0 Å². The van der Waals surface area contributed by atoms with Crippen molar-refractivity contribution in [2.75, 3.05) is 0 Å². The fourth-order valence-corrected chi connectivity index (χ4v) is 3.62. The molecule has 0 amide bonds. The molecule has 0 atom stereocenters. The molecule has 0 radical (unpaired) electrons. The molecule has 4 aromatic rings. The summed E-state index contributed by atoms with van der Waals surface area (Å²) < 4.78 is 7.73. The lowest BCUT2D eigenvalue weighted by Crippen LogP contribution is -2.07. The van der Waals surface area contributed by atoms with Crippen molar-refractivity contribution in [2.45, 2.75) is 34.2 Å².